The summed E-state index contributed by atoms with van der Waals surface area (Å²) in [6.07, 6.45) is -3.92. The summed E-state index contributed by atoms with van der Waals surface area (Å²) >= 11 is 0. The fraction of sp³-hybridized carbons (Fsp3) is 0.667. The largest absolute Gasteiger partial charge is 0.490 e. The van der Waals surface area contributed by atoms with Gasteiger partial charge in [-0.15, -0.1) is 0 Å². The van der Waals surface area contributed by atoms with Crippen LogP contribution in [0.15, 0.2) is 24.4 Å². The predicted octanol–water partition coefficient (Wildman–Crippen LogP) is 2.91. The number of ether oxygens (including phenoxy) is 1. The Balaban J connectivity index is 0.000000286. The lowest BCUT2D eigenvalue weighted by molar-refractivity contribution is -0.193. The lowest BCUT2D eigenvalue weighted by atomic mass is 9.79. The fourth-order valence-electron chi connectivity index (χ4n) is 4.15. The highest BCUT2D eigenvalue weighted by atomic mass is 32.2. The molecule has 3 heterocycles. The smallest absolute Gasteiger partial charge is 0.475 e. The Kier molecular flexibility index (Phi) is 9.93. The molecule has 210 valence electrons. The van der Waals surface area contributed by atoms with Crippen LogP contribution in [0.1, 0.15) is 31.4 Å². The highest BCUT2D eigenvalue weighted by molar-refractivity contribution is 7.93. The molecule has 1 aromatic heterocycles. The summed E-state index contributed by atoms with van der Waals surface area (Å²) < 4.78 is 93.9. The number of likely N-dealkylation sites (tertiary alicyclic amines) is 1. The van der Waals surface area contributed by atoms with Crippen LogP contribution in [0.3, 0.4) is 0 Å². The third kappa shape index (κ3) is 8.01. The van der Waals surface area contributed by atoms with Gasteiger partial charge in [0.25, 0.3) is 0 Å². The molecule has 3 aliphatic rings. The molecule has 1 unspecified atom stereocenters. The Morgan fingerprint density at radius 3 is 1.97 bits per heavy atom. The van der Waals surface area contributed by atoms with Gasteiger partial charge in [0.15, 0.2) is 9.84 Å². The number of alkyl halides is 6. The van der Waals surface area contributed by atoms with Crippen molar-refractivity contribution in [2.24, 2.45) is 5.92 Å². The molecular formula is C21H26F6N2O7S. The van der Waals surface area contributed by atoms with Crippen molar-refractivity contribution in [1.82, 2.24) is 9.88 Å². The van der Waals surface area contributed by atoms with Crippen molar-refractivity contribution in [2.45, 2.75) is 55.4 Å². The van der Waals surface area contributed by atoms with E-state index in [-0.39, 0.29) is 5.92 Å². The van der Waals surface area contributed by atoms with E-state index >= 15 is 0 Å². The number of sulfone groups is 1. The number of nitrogens with zero attached hydrogens (tertiary/aromatic N) is 2. The minimum absolute atomic E-state index is 0.132. The van der Waals surface area contributed by atoms with Crippen LogP contribution < -0.4 is 0 Å². The third-order valence-corrected chi connectivity index (χ3v) is 9.01. The van der Waals surface area contributed by atoms with Crippen molar-refractivity contribution in [2.75, 3.05) is 25.4 Å². The van der Waals surface area contributed by atoms with Gasteiger partial charge >= 0.3 is 24.3 Å². The molecule has 3 fully saturated rings. The number of carbonyl (C=O) groups is 2. The minimum atomic E-state index is -5.08. The Bertz CT molecular complexity index is 1000. The van der Waals surface area contributed by atoms with E-state index in [0.29, 0.717) is 25.0 Å². The van der Waals surface area contributed by atoms with E-state index in [1.54, 1.807) is 6.20 Å². The maximum Gasteiger partial charge on any atom is 0.490 e. The van der Waals surface area contributed by atoms with Crippen LogP contribution >= 0.6 is 0 Å². The SMILES string of the molecule is O=C(O)C(F)(F)F.O=C(O)C(F)(F)F.O=S1(=O)CCC(COCc2ccccn2)C12CN(C1CCC1)C2. The van der Waals surface area contributed by atoms with E-state index in [4.69, 9.17) is 24.5 Å². The molecule has 1 spiro atoms. The Morgan fingerprint density at radius 2 is 1.57 bits per heavy atom. The fourth-order valence-corrected chi connectivity index (χ4v) is 6.57. The first-order chi connectivity index (χ1) is 17.0. The molecule has 16 heteroatoms. The zero-order valence-corrected chi connectivity index (χ0v) is 20.2. The topological polar surface area (TPSA) is 134 Å². The van der Waals surface area contributed by atoms with Crippen molar-refractivity contribution in [1.29, 1.82) is 0 Å². The van der Waals surface area contributed by atoms with E-state index in [1.807, 2.05) is 18.2 Å². The third-order valence-electron chi connectivity index (χ3n) is 6.41. The van der Waals surface area contributed by atoms with Gasteiger partial charge in [-0.2, -0.15) is 26.3 Å². The van der Waals surface area contributed by atoms with Crippen LogP contribution in [0, 0.1) is 5.92 Å². The molecule has 1 saturated carbocycles. The summed E-state index contributed by atoms with van der Waals surface area (Å²) in [6.45, 7) is 2.42. The molecule has 2 aliphatic heterocycles. The Hall–Kier alpha value is -2.46. The van der Waals surface area contributed by atoms with Crippen molar-refractivity contribution >= 4 is 21.8 Å². The van der Waals surface area contributed by atoms with Crippen molar-refractivity contribution in [3.8, 4) is 0 Å². The van der Waals surface area contributed by atoms with Crippen LogP contribution in [0.2, 0.25) is 0 Å². The zero-order chi connectivity index (χ0) is 28.1. The number of hydrogen-bond acceptors (Lipinski definition) is 7. The molecule has 0 aromatic carbocycles. The summed E-state index contributed by atoms with van der Waals surface area (Å²) in [5.74, 6) is -5.06. The van der Waals surface area contributed by atoms with Gasteiger partial charge in [0.1, 0.15) is 4.75 Å². The summed E-state index contributed by atoms with van der Waals surface area (Å²) in [5.41, 5.74) is 0.895. The minimum Gasteiger partial charge on any atom is -0.475 e. The zero-order valence-electron chi connectivity index (χ0n) is 19.3. The van der Waals surface area contributed by atoms with Gasteiger partial charge in [0.2, 0.25) is 0 Å². The van der Waals surface area contributed by atoms with Crippen molar-refractivity contribution in [3.63, 3.8) is 0 Å². The first-order valence-corrected chi connectivity index (χ1v) is 12.7. The van der Waals surface area contributed by atoms with Crippen LogP contribution in [0.5, 0.6) is 0 Å². The second-order valence-electron chi connectivity index (χ2n) is 8.80. The van der Waals surface area contributed by atoms with Crippen molar-refractivity contribution in [3.05, 3.63) is 30.1 Å². The molecule has 0 amide bonds. The second kappa shape index (κ2) is 11.9. The molecule has 2 N–H and O–H groups in total. The van der Waals surface area contributed by atoms with E-state index < -0.39 is 38.9 Å². The Labute approximate surface area is 208 Å². The summed E-state index contributed by atoms with van der Waals surface area (Å²) in [7, 11) is -2.98. The van der Waals surface area contributed by atoms with E-state index in [9.17, 15) is 34.8 Å². The van der Waals surface area contributed by atoms with Crippen molar-refractivity contribution < 1.29 is 59.3 Å². The summed E-state index contributed by atoms with van der Waals surface area (Å²) in [6, 6.07) is 6.38. The molecule has 2 saturated heterocycles. The number of rotatable bonds is 5. The Morgan fingerprint density at radius 1 is 1.03 bits per heavy atom. The average molecular weight is 565 g/mol. The molecule has 9 nitrogen and oxygen atoms in total. The molecule has 1 atom stereocenters. The van der Waals surface area contributed by atoms with Gasteiger partial charge in [-0.3, -0.25) is 9.88 Å². The number of carboxylic acids is 2. The quantitative estimate of drug-likeness (QED) is 0.518. The van der Waals surface area contributed by atoms with E-state index in [2.05, 4.69) is 9.88 Å². The number of pyridine rings is 1. The van der Waals surface area contributed by atoms with Gasteiger partial charge in [0, 0.05) is 31.2 Å². The molecule has 0 radical (unpaired) electrons. The van der Waals surface area contributed by atoms with Crippen LogP contribution in [-0.4, -0.2) is 89.0 Å². The second-order valence-corrected chi connectivity index (χ2v) is 11.3. The van der Waals surface area contributed by atoms with Crippen LogP contribution in [0.4, 0.5) is 26.3 Å². The number of hydrogen-bond donors (Lipinski definition) is 2. The van der Waals surface area contributed by atoms with Crippen LogP contribution in [-0.2, 0) is 30.8 Å². The molecule has 0 bridgehead atoms. The highest BCUT2D eigenvalue weighted by Gasteiger charge is 2.62. The maximum atomic E-state index is 12.6. The van der Waals surface area contributed by atoms with Gasteiger partial charge < -0.3 is 14.9 Å². The monoisotopic (exact) mass is 564 g/mol. The van der Waals surface area contributed by atoms with Gasteiger partial charge in [-0.25, -0.2) is 18.0 Å². The summed E-state index contributed by atoms with van der Waals surface area (Å²) in [4.78, 5) is 24.4. The highest BCUT2D eigenvalue weighted by Crippen LogP contribution is 2.47. The molecule has 4 rings (SSSR count). The summed E-state index contributed by atoms with van der Waals surface area (Å²) in [5, 5.41) is 14.2. The first kappa shape index (κ1) is 30.8. The number of halogens is 6. The maximum absolute atomic E-state index is 12.6. The molecule has 37 heavy (non-hydrogen) atoms. The number of aliphatic carboxylic acids is 2. The van der Waals surface area contributed by atoms with Gasteiger partial charge in [-0.1, -0.05) is 12.5 Å². The average Bonchev–Trinajstić information content (AvgIpc) is 2.98. The number of aromatic nitrogens is 1. The standard InChI is InChI=1S/C17H24N2O3S.2C2HF3O2/c20-23(21)9-7-14(10-22-11-15-4-1-2-8-18-15)17(23)12-19(13-17)16-5-3-6-16;2*3-2(4,5)1(6)7/h1-2,4,8,14,16H,3,5-7,9-13H2;2*(H,6,7). The van der Waals surface area contributed by atoms with Gasteiger partial charge in [-0.05, 0) is 31.4 Å². The normalized spacial score (nSPS) is 22.5. The first-order valence-electron chi connectivity index (χ1n) is 11.0. The molecule has 1 aliphatic carbocycles. The molecule has 1 aromatic rings. The molecular weight excluding hydrogens is 538 g/mol. The van der Waals surface area contributed by atoms with Gasteiger partial charge in [0.05, 0.1) is 24.7 Å². The lowest BCUT2D eigenvalue weighted by Crippen LogP contribution is -2.70. The van der Waals surface area contributed by atoms with Crippen LogP contribution in [0.25, 0.3) is 0 Å². The number of carboxylic acid groups (broad SMARTS) is 2. The predicted molar refractivity (Wildman–Crippen MR) is 115 cm³/mol. The van der Waals surface area contributed by atoms with E-state index in [0.717, 1.165) is 25.2 Å². The lowest BCUT2D eigenvalue weighted by Gasteiger charge is -2.55. The van der Waals surface area contributed by atoms with E-state index in [1.165, 1.54) is 19.3 Å².